The Hall–Kier alpha value is -3.83. The summed E-state index contributed by atoms with van der Waals surface area (Å²) < 4.78 is 14.5. The van der Waals surface area contributed by atoms with E-state index in [1.165, 1.54) is 19.1 Å². The van der Waals surface area contributed by atoms with Crippen molar-refractivity contribution < 1.29 is 9.18 Å². The van der Waals surface area contributed by atoms with Gasteiger partial charge in [-0.25, -0.2) is 14.4 Å². The van der Waals surface area contributed by atoms with Gasteiger partial charge in [-0.1, -0.05) is 12.1 Å². The van der Waals surface area contributed by atoms with Gasteiger partial charge < -0.3 is 16.4 Å². The summed E-state index contributed by atoms with van der Waals surface area (Å²) in [6, 6.07) is 11.8. The molecule has 0 spiro atoms. The van der Waals surface area contributed by atoms with Crippen molar-refractivity contribution in [1.29, 1.82) is 5.26 Å². The summed E-state index contributed by atoms with van der Waals surface area (Å²) in [5, 5.41) is 9.77. The number of hydrogen-bond acceptors (Lipinski definition) is 7. The second-order valence-corrected chi connectivity index (χ2v) is 8.35. The maximum atomic E-state index is 14.5. The molecule has 0 unspecified atom stereocenters. The molecule has 0 atom stereocenters. The minimum absolute atomic E-state index is 0.0383. The van der Waals surface area contributed by atoms with E-state index >= 15 is 0 Å². The number of carbonyl (C=O) groups is 1. The molecule has 1 aliphatic heterocycles. The summed E-state index contributed by atoms with van der Waals surface area (Å²) in [6.45, 7) is 4.61. The number of piperidine rings is 1. The van der Waals surface area contributed by atoms with Crippen LogP contribution < -0.4 is 16.4 Å². The van der Waals surface area contributed by atoms with Crippen LogP contribution in [-0.2, 0) is 4.79 Å². The second kappa shape index (κ2) is 8.96. The van der Waals surface area contributed by atoms with Crippen LogP contribution in [0.25, 0.3) is 27.7 Å². The number of fused-ring (bicyclic) bond motifs is 1. The average molecular weight is 445 g/mol. The number of Topliss-reactive ketones (excluding diaryl/α,β-unsaturated/α-hetero) is 1. The largest absolute Gasteiger partial charge is 0.402 e. The first kappa shape index (κ1) is 22.4. The Bertz CT molecular complexity index is 1310. The average Bonchev–Trinajstić information content (AvgIpc) is 2.78. The first-order valence-corrected chi connectivity index (χ1v) is 10.8. The molecule has 0 saturated carbocycles. The molecular weight excluding hydrogens is 419 g/mol. The predicted octanol–water partition coefficient (Wildman–Crippen LogP) is 3.51. The van der Waals surface area contributed by atoms with Gasteiger partial charge in [-0.15, -0.1) is 0 Å². The van der Waals surface area contributed by atoms with Crippen LogP contribution in [0.4, 0.5) is 10.3 Å². The molecule has 3 aromatic rings. The molecule has 1 aromatic heterocycles. The Balaban J connectivity index is 1.94. The molecule has 8 heteroatoms. The lowest BCUT2D eigenvalue weighted by Gasteiger charge is -2.30. The Morgan fingerprint density at radius 1 is 1.15 bits per heavy atom. The summed E-state index contributed by atoms with van der Waals surface area (Å²) in [5.41, 5.74) is 15.2. The zero-order valence-corrected chi connectivity index (χ0v) is 18.6. The lowest BCUT2D eigenvalue weighted by atomic mass is 9.97. The fourth-order valence-corrected chi connectivity index (χ4v) is 4.19. The van der Waals surface area contributed by atoms with Crippen LogP contribution in [0.1, 0.15) is 37.8 Å². The van der Waals surface area contributed by atoms with E-state index in [1.807, 2.05) is 24.3 Å². The normalized spacial score (nSPS) is 15.3. The van der Waals surface area contributed by atoms with Gasteiger partial charge in [0.05, 0.1) is 16.8 Å². The molecule has 7 nitrogen and oxygen atoms in total. The van der Waals surface area contributed by atoms with Gasteiger partial charge in [0.1, 0.15) is 11.9 Å². The van der Waals surface area contributed by atoms with E-state index < -0.39 is 5.82 Å². The van der Waals surface area contributed by atoms with Crippen molar-refractivity contribution in [2.75, 3.05) is 18.0 Å². The van der Waals surface area contributed by atoms with Crippen LogP contribution in [0.5, 0.6) is 0 Å². The summed E-state index contributed by atoms with van der Waals surface area (Å²) in [6.07, 6.45) is 1.67. The van der Waals surface area contributed by atoms with Gasteiger partial charge in [0.25, 0.3) is 0 Å². The van der Waals surface area contributed by atoms with E-state index in [0.717, 1.165) is 25.9 Å². The van der Waals surface area contributed by atoms with E-state index in [9.17, 15) is 9.18 Å². The van der Waals surface area contributed by atoms with Crippen LogP contribution in [0.15, 0.2) is 42.1 Å². The third-order valence-electron chi connectivity index (χ3n) is 5.90. The van der Waals surface area contributed by atoms with Crippen molar-refractivity contribution in [2.45, 2.75) is 32.7 Å². The van der Waals surface area contributed by atoms with Gasteiger partial charge in [-0.2, -0.15) is 5.26 Å². The highest BCUT2D eigenvalue weighted by Gasteiger charge is 2.21. The van der Waals surface area contributed by atoms with Crippen LogP contribution in [0.2, 0.25) is 0 Å². The fraction of sp³-hybridized carbons (Fsp3) is 0.280. The minimum atomic E-state index is -0.620. The van der Waals surface area contributed by atoms with Crippen molar-refractivity contribution in [3.63, 3.8) is 0 Å². The Labute approximate surface area is 191 Å². The number of nitrogens with two attached hydrogens (primary N) is 2. The zero-order chi connectivity index (χ0) is 23.7. The summed E-state index contributed by atoms with van der Waals surface area (Å²) >= 11 is 0. The number of nitriles is 1. The number of carbonyl (C=O) groups excluding carboxylic acids is 1. The van der Waals surface area contributed by atoms with Gasteiger partial charge in [-0.3, -0.25) is 4.79 Å². The first-order valence-electron chi connectivity index (χ1n) is 10.8. The molecule has 168 valence electrons. The van der Waals surface area contributed by atoms with Gasteiger partial charge in [0, 0.05) is 41.4 Å². The smallest absolute Gasteiger partial charge is 0.226 e. The van der Waals surface area contributed by atoms with Crippen molar-refractivity contribution in [1.82, 2.24) is 9.97 Å². The van der Waals surface area contributed by atoms with Crippen molar-refractivity contribution >= 4 is 28.2 Å². The predicted molar refractivity (Wildman–Crippen MR) is 127 cm³/mol. The Morgan fingerprint density at radius 2 is 1.88 bits per heavy atom. The number of rotatable bonds is 4. The molecule has 2 heterocycles. The molecule has 1 aliphatic rings. The number of benzene rings is 2. The van der Waals surface area contributed by atoms with Crippen molar-refractivity contribution in [2.24, 2.45) is 11.5 Å². The van der Waals surface area contributed by atoms with Gasteiger partial charge in [0.15, 0.2) is 5.78 Å². The maximum absolute atomic E-state index is 14.5. The first-order chi connectivity index (χ1) is 15.8. The minimum Gasteiger partial charge on any atom is -0.402 e. The van der Waals surface area contributed by atoms with E-state index in [4.69, 9.17) is 26.7 Å². The molecule has 0 amide bonds. The topological polar surface area (TPSA) is 122 Å². The second-order valence-electron chi connectivity index (χ2n) is 8.35. The lowest BCUT2D eigenvalue weighted by molar-refractivity contribution is -0.111. The van der Waals surface area contributed by atoms with Crippen LogP contribution in [0.3, 0.4) is 0 Å². The van der Waals surface area contributed by atoms with Crippen LogP contribution >= 0.6 is 0 Å². The van der Waals surface area contributed by atoms with Gasteiger partial charge in [-0.05, 0) is 56.5 Å². The highest BCUT2D eigenvalue weighted by Crippen LogP contribution is 2.32. The SMILES string of the molecule is CC(=O)C(=C(C)N)c1ccc2nc(N3CCC(N)CC3)nc(-c3ccc(C#N)c(F)c3)c2c1. The molecular formula is C25H25FN6O. The molecule has 0 radical (unpaired) electrons. The molecule has 2 aromatic carbocycles. The quantitative estimate of drug-likeness (QED) is 0.591. The van der Waals surface area contributed by atoms with Gasteiger partial charge in [0.2, 0.25) is 5.95 Å². The molecule has 33 heavy (non-hydrogen) atoms. The van der Waals surface area contributed by atoms with Crippen LogP contribution in [-0.4, -0.2) is 34.9 Å². The highest BCUT2D eigenvalue weighted by molar-refractivity contribution is 6.21. The van der Waals surface area contributed by atoms with Crippen molar-refractivity contribution in [3.8, 4) is 17.3 Å². The number of aromatic nitrogens is 2. The fourth-order valence-electron chi connectivity index (χ4n) is 4.19. The Kier molecular flexibility index (Phi) is 6.07. The zero-order valence-electron chi connectivity index (χ0n) is 18.6. The molecule has 0 aliphatic carbocycles. The Morgan fingerprint density at radius 3 is 2.48 bits per heavy atom. The number of anilines is 1. The van der Waals surface area contributed by atoms with Gasteiger partial charge >= 0.3 is 0 Å². The summed E-state index contributed by atoms with van der Waals surface area (Å²) in [5.74, 6) is -0.229. The summed E-state index contributed by atoms with van der Waals surface area (Å²) in [4.78, 5) is 23.8. The van der Waals surface area contributed by atoms with E-state index in [2.05, 4.69) is 4.90 Å². The standard InChI is InChI=1S/C25H25FN6O/c1-14(28)23(15(2)33)16-5-6-22-20(11-16)24(17-3-4-18(13-27)21(26)12-17)31-25(30-22)32-9-7-19(29)8-10-32/h3-6,11-12,19H,7-10,28-29H2,1-2H3. The molecule has 0 bridgehead atoms. The number of hydrogen-bond donors (Lipinski definition) is 2. The third kappa shape index (κ3) is 4.41. The van der Waals surface area contributed by atoms with E-state index in [0.29, 0.717) is 44.9 Å². The number of nitrogens with zero attached hydrogens (tertiary/aromatic N) is 4. The van der Waals surface area contributed by atoms with E-state index in [-0.39, 0.29) is 17.4 Å². The highest BCUT2D eigenvalue weighted by atomic mass is 19.1. The van der Waals surface area contributed by atoms with Crippen molar-refractivity contribution in [3.05, 3.63) is 59.0 Å². The molecule has 1 fully saturated rings. The summed E-state index contributed by atoms with van der Waals surface area (Å²) in [7, 11) is 0. The monoisotopic (exact) mass is 444 g/mol. The maximum Gasteiger partial charge on any atom is 0.226 e. The van der Waals surface area contributed by atoms with Crippen LogP contribution in [0, 0.1) is 17.1 Å². The lowest BCUT2D eigenvalue weighted by Crippen LogP contribution is -2.40. The van der Waals surface area contributed by atoms with E-state index in [1.54, 1.807) is 13.0 Å². The number of allylic oxidation sites excluding steroid dienone is 2. The molecule has 1 saturated heterocycles. The number of ketones is 1. The number of halogens is 1. The third-order valence-corrected chi connectivity index (χ3v) is 5.90. The molecule has 4 N–H and O–H groups in total. The molecule has 4 rings (SSSR count).